The van der Waals surface area contributed by atoms with E-state index in [9.17, 15) is 20.4 Å². The van der Waals surface area contributed by atoms with Gasteiger partial charge in [-0.05, 0) is 6.07 Å². The second-order valence-electron chi connectivity index (χ2n) is 4.58. The Bertz CT molecular complexity index is 438. The fourth-order valence-electron chi connectivity index (χ4n) is 2.09. The first-order chi connectivity index (χ1) is 9.58. The minimum absolute atomic E-state index is 0.266. The van der Waals surface area contributed by atoms with Gasteiger partial charge < -0.3 is 35.0 Å². The van der Waals surface area contributed by atoms with Crippen molar-refractivity contribution in [2.45, 2.75) is 37.3 Å². The van der Waals surface area contributed by atoms with Crippen molar-refractivity contribution in [2.75, 3.05) is 6.61 Å². The van der Waals surface area contributed by atoms with Crippen molar-refractivity contribution < 1.29 is 35.0 Å². The van der Waals surface area contributed by atoms with Crippen LogP contribution in [0.2, 0.25) is 0 Å². The van der Waals surface area contributed by atoms with Gasteiger partial charge in [0.1, 0.15) is 24.1 Å². The molecule has 1 aliphatic rings. The fourth-order valence-corrected chi connectivity index (χ4v) is 2.09. The lowest BCUT2D eigenvalue weighted by Gasteiger charge is -2.40. The zero-order chi connectivity index (χ0) is 14.7. The van der Waals surface area contributed by atoms with Crippen LogP contribution in [-0.4, -0.2) is 62.8 Å². The van der Waals surface area contributed by atoms with Crippen molar-refractivity contribution in [1.29, 1.82) is 0 Å². The Balaban J connectivity index is 2.16. The van der Waals surface area contributed by atoms with Crippen molar-refractivity contribution in [3.8, 4) is 5.75 Å². The van der Waals surface area contributed by atoms with Crippen LogP contribution in [0.1, 0.15) is 5.56 Å². The molecule has 7 heteroatoms. The number of ether oxygens (including phenoxy) is 2. The molecule has 2 rings (SSSR count). The van der Waals surface area contributed by atoms with Gasteiger partial charge in [0, 0.05) is 5.56 Å². The van der Waals surface area contributed by atoms with E-state index < -0.39 is 37.3 Å². The smallest absolute Gasteiger partial charge is 0.195 e. The first-order valence-electron chi connectivity index (χ1n) is 6.24. The van der Waals surface area contributed by atoms with E-state index in [-0.39, 0.29) is 12.4 Å². The number of aliphatic hydroxyl groups is 5. The SMILES string of the molecule is OCc1ccccc1O[C@H]1[C@@H](O)[C@H](O)[C@@H](CO)O[C@@H]1O. The van der Waals surface area contributed by atoms with E-state index in [4.69, 9.17) is 14.6 Å². The summed E-state index contributed by atoms with van der Waals surface area (Å²) in [6, 6.07) is 6.57. The maximum atomic E-state index is 9.95. The molecule has 0 spiro atoms. The molecule has 0 amide bonds. The number of aliphatic hydroxyl groups excluding tert-OH is 5. The maximum absolute atomic E-state index is 9.95. The van der Waals surface area contributed by atoms with Gasteiger partial charge in [-0.3, -0.25) is 0 Å². The molecule has 1 aromatic carbocycles. The predicted octanol–water partition coefficient (Wildman–Crippen LogP) is -1.64. The maximum Gasteiger partial charge on any atom is 0.195 e. The van der Waals surface area contributed by atoms with Crippen molar-refractivity contribution in [2.24, 2.45) is 0 Å². The van der Waals surface area contributed by atoms with Gasteiger partial charge in [0.05, 0.1) is 13.2 Å². The van der Waals surface area contributed by atoms with E-state index in [1.807, 2.05) is 0 Å². The molecule has 7 nitrogen and oxygen atoms in total. The number of benzene rings is 1. The number of hydrogen-bond acceptors (Lipinski definition) is 7. The van der Waals surface area contributed by atoms with E-state index in [1.165, 1.54) is 0 Å². The van der Waals surface area contributed by atoms with E-state index >= 15 is 0 Å². The third-order valence-electron chi connectivity index (χ3n) is 3.25. The molecule has 0 saturated carbocycles. The second-order valence-corrected chi connectivity index (χ2v) is 4.58. The van der Waals surface area contributed by atoms with E-state index in [0.29, 0.717) is 5.56 Å². The summed E-state index contributed by atoms with van der Waals surface area (Å²) in [4.78, 5) is 0. The van der Waals surface area contributed by atoms with E-state index in [0.717, 1.165) is 0 Å². The normalized spacial score (nSPS) is 34.0. The summed E-state index contributed by atoms with van der Waals surface area (Å²) in [6.45, 7) is -0.799. The average Bonchev–Trinajstić information content (AvgIpc) is 2.47. The first kappa shape index (κ1) is 15.2. The Morgan fingerprint density at radius 2 is 1.75 bits per heavy atom. The molecular weight excluding hydrogens is 268 g/mol. The van der Waals surface area contributed by atoms with Gasteiger partial charge in [-0.25, -0.2) is 0 Å². The molecule has 0 radical (unpaired) electrons. The molecule has 20 heavy (non-hydrogen) atoms. The highest BCUT2D eigenvalue weighted by molar-refractivity contribution is 5.33. The summed E-state index contributed by atoms with van der Waals surface area (Å²) in [7, 11) is 0. The molecule has 1 aromatic rings. The lowest BCUT2D eigenvalue weighted by molar-refractivity contribution is -0.280. The summed E-state index contributed by atoms with van der Waals surface area (Å²) >= 11 is 0. The lowest BCUT2D eigenvalue weighted by atomic mass is 9.99. The lowest BCUT2D eigenvalue weighted by Crippen LogP contribution is -2.60. The third-order valence-corrected chi connectivity index (χ3v) is 3.25. The van der Waals surface area contributed by atoms with Gasteiger partial charge >= 0.3 is 0 Å². The molecule has 0 aromatic heterocycles. The molecule has 0 unspecified atom stereocenters. The van der Waals surface area contributed by atoms with Crippen molar-refractivity contribution in [1.82, 2.24) is 0 Å². The van der Waals surface area contributed by atoms with Crippen LogP contribution in [0.15, 0.2) is 24.3 Å². The molecule has 1 heterocycles. The minimum atomic E-state index is -1.50. The van der Waals surface area contributed by atoms with Crippen LogP contribution in [0.4, 0.5) is 0 Å². The zero-order valence-electron chi connectivity index (χ0n) is 10.7. The molecule has 1 saturated heterocycles. The van der Waals surface area contributed by atoms with Gasteiger partial charge in [0.15, 0.2) is 12.4 Å². The van der Waals surface area contributed by atoms with Gasteiger partial charge in [0.2, 0.25) is 0 Å². The Kier molecular flexibility index (Phi) is 4.92. The van der Waals surface area contributed by atoms with E-state index in [1.54, 1.807) is 24.3 Å². The average molecular weight is 286 g/mol. The summed E-state index contributed by atoms with van der Waals surface area (Å²) in [5, 5.41) is 47.7. The molecule has 0 bridgehead atoms. The summed E-state index contributed by atoms with van der Waals surface area (Å²) in [5.41, 5.74) is 0.477. The standard InChI is InChI=1S/C13H18O7/c14-5-7-3-1-2-4-8(7)19-12-11(17)10(16)9(6-15)20-13(12)18/h1-4,9-18H,5-6H2/t9-,10-,11+,12+,13+/m1/s1. The Morgan fingerprint density at radius 3 is 2.40 bits per heavy atom. The molecule has 1 fully saturated rings. The largest absolute Gasteiger partial charge is 0.482 e. The second kappa shape index (κ2) is 6.49. The quantitative estimate of drug-likeness (QED) is 0.450. The molecular formula is C13H18O7. The zero-order valence-corrected chi connectivity index (χ0v) is 10.7. The summed E-state index contributed by atoms with van der Waals surface area (Å²) in [5.74, 6) is 0.274. The number of rotatable bonds is 4. The van der Waals surface area contributed by atoms with Crippen LogP contribution in [-0.2, 0) is 11.3 Å². The monoisotopic (exact) mass is 286 g/mol. The summed E-state index contributed by atoms with van der Waals surface area (Å²) < 4.78 is 10.4. The van der Waals surface area contributed by atoms with Crippen LogP contribution in [0.25, 0.3) is 0 Å². The number of para-hydroxylation sites is 1. The van der Waals surface area contributed by atoms with Crippen LogP contribution in [0.5, 0.6) is 5.75 Å². The topological polar surface area (TPSA) is 120 Å². The number of hydrogen-bond donors (Lipinski definition) is 5. The van der Waals surface area contributed by atoms with Crippen LogP contribution >= 0.6 is 0 Å². The first-order valence-corrected chi connectivity index (χ1v) is 6.24. The van der Waals surface area contributed by atoms with Crippen LogP contribution < -0.4 is 4.74 Å². The van der Waals surface area contributed by atoms with Gasteiger partial charge in [0.25, 0.3) is 0 Å². The summed E-state index contributed by atoms with van der Waals surface area (Å²) in [6.07, 6.45) is -6.61. The van der Waals surface area contributed by atoms with Crippen molar-refractivity contribution >= 4 is 0 Å². The molecule has 112 valence electrons. The molecule has 0 aliphatic carbocycles. The van der Waals surface area contributed by atoms with Crippen LogP contribution in [0.3, 0.4) is 0 Å². The minimum Gasteiger partial charge on any atom is -0.482 e. The fraction of sp³-hybridized carbons (Fsp3) is 0.538. The van der Waals surface area contributed by atoms with E-state index in [2.05, 4.69) is 0 Å². The molecule has 5 N–H and O–H groups in total. The Morgan fingerprint density at radius 1 is 1.05 bits per heavy atom. The Labute approximate surface area is 115 Å². The van der Waals surface area contributed by atoms with Crippen molar-refractivity contribution in [3.05, 3.63) is 29.8 Å². The highest BCUT2D eigenvalue weighted by Crippen LogP contribution is 2.26. The van der Waals surface area contributed by atoms with Gasteiger partial charge in [-0.2, -0.15) is 0 Å². The molecule has 1 aliphatic heterocycles. The predicted molar refractivity (Wildman–Crippen MR) is 66.8 cm³/mol. The van der Waals surface area contributed by atoms with Crippen molar-refractivity contribution in [3.63, 3.8) is 0 Å². The Hall–Kier alpha value is -1.22. The third kappa shape index (κ3) is 2.93. The molecule has 5 atom stereocenters. The van der Waals surface area contributed by atoms with Gasteiger partial charge in [-0.15, -0.1) is 0 Å². The van der Waals surface area contributed by atoms with Gasteiger partial charge in [-0.1, -0.05) is 18.2 Å². The highest BCUT2D eigenvalue weighted by atomic mass is 16.7. The van der Waals surface area contributed by atoms with Crippen LogP contribution in [0, 0.1) is 0 Å². The highest BCUT2D eigenvalue weighted by Gasteiger charge is 2.45.